The number of amides is 1. The summed E-state index contributed by atoms with van der Waals surface area (Å²) < 4.78 is 15.4. The standard InChI is InChI=1S/C21H18Cl2N2O6S/c1-4-29-20(27)16-10(3)17(21(28)30-5-2)32-19(16)24-18(26)14-9-15(31-25-14)11-6-7-12(22)13(23)8-11/h6-9H,4-5H2,1-3H3,(H,24,26). The Morgan fingerprint density at radius 1 is 1.06 bits per heavy atom. The molecule has 0 unspecified atom stereocenters. The van der Waals surface area contributed by atoms with E-state index in [1.165, 1.54) is 6.07 Å². The van der Waals surface area contributed by atoms with Gasteiger partial charge in [0.25, 0.3) is 5.91 Å². The van der Waals surface area contributed by atoms with Gasteiger partial charge in [0.1, 0.15) is 9.88 Å². The largest absolute Gasteiger partial charge is 0.462 e. The molecule has 11 heteroatoms. The van der Waals surface area contributed by atoms with Crippen molar-refractivity contribution in [3.8, 4) is 11.3 Å². The molecule has 0 fully saturated rings. The highest BCUT2D eigenvalue weighted by Gasteiger charge is 2.28. The molecule has 32 heavy (non-hydrogen) atoms. The third-order valence-corrected chi connectivity index (χ3v) is 6.19. The molecule has 0 aliphatic rings. The minimum atomic E-state index is -0.663. The third kappa shape index (κ3) is 4.95. The number of esters is 2. The monoisotopic (exact) mass is 496 g/mol. The molecule has 0 bridgehead atoms. The van der Waals surface area contributed by atoms with Crippen molar-refractivity contribution in [2.24, 2.45) is 0 Å². The van der Waals surface area contributed by atoms with Crippen LogP contribution in [-0.4, -0.2) is 36.2 Å². The van der Waals surface area contributed by atoms with Crippen LogP contribution in [-0.2, 0) is 9.47 Å². The number of rotatable bonds is 7. The molecule has 8 nitrogen and oxygen atoms in total. The van der Waals surface area contributed by atoms with Crippen molar-refractivity contribution in [3.63, 3.8) is 0 Å². The number of carbonyl (C=O) groups excluding carboxylic acids is 3. The molecule has 1 aromatic carbocycles. The van der Waals surface area contributed by atoms with E-state index in [0.717, 1.165) is 11.3 Å². The molecule has 0 aliphatic heterocycles. The summed E-state index contributed by atoms with van der Waals surface area (Å²) in [7, 11) is 0. The second-order valence-corrected chi connectivity index (χ2v) is 8.20. The van der Waals surface area contributed by atoms with Crippen LogP contribution in [0, 0.1) is 6.92 Å². The molecule has 168 valence electrons. The highest BCUT2D eigenvalue weighted by atomic mass is 35.5. The van der Waals surface area contributed by atoms with Gasteiger partial charge in [-0.3, -0.25) is 4.79 Å². The van der Waals surface area contributed by atoms with Crippen molar-refractivity contribution in [3.05, 3.63) is 56.0 Å². The summed E-state index contributed by atoms with van der Waals surface area (Å²) in [5.41, 5.74) is 0.986. The van der Waals surface area contributed by atoms with Crippen molar-refractivity contribution < 1.29 is 28.4 Å². The number of nitrogens with one attached hydrogen (secondary N) is 1. The van der Waals surface area contributed by atoms with Crippen LogP contribution in [0.5, 0.6) is 0 Å². The van der Waals surface area contributed by atoms with Gasteiger partial charge in [0.2, 0.25) is 0 Å². The topological polar surface area (TPSA) is 108 Å². The Kier molecular flexibility index (Phi) is 7.55. The number of ether oxygens (including phenoxy) is 2. The number of aromatic nitrogens is 1. The molecule has 0 saturated carbocycles. The fraction of sp³-hybridized carbons (Fsp3) is 0.238. The average molecular weight is 497 g/mol. The first-order chi connectivity index (χ1) is 15.3. The van der Waals surface area contributed by atoms with E-state index in [-0.39, 0.29) is 34.3 Å². The first-order valence-electron chi connectivity index (χ1n) is 9.47. The van der Waals surface area contributed by atoms with E-state index in [1.807, 2.05) is 0 Å². The third-order valence-electron chi connectivity index (χ3n) is 4.26. The number of carbonyl (C=O) groups is 3. The van der Waals surface area contributed by atoms with E-state index in [0.29, 0.717) is 26.9 Å². The summed E-state index contributed by atoms with van der Waals surface area (Å²) in [6, 6.07) is 6.27. The Labute approximate surface area is 197 Å². The molecule has 1 amide bonds. The Morgan fingerprint density at radius 3 is 2.41 bits per heavy atom. The van der Waals surface area contributed by atoms with Crippen LogP contribution in [0.4, 0.5) is 5.00 Å². The molecule has 0 atom stereocenters. The fourth-order valence-corrected chi connectivity index (χ4v) is 4.16. The van der Waals surface area contributed by atoms with E-state index < -0.39 is 17.8 Å². The minimum absolute atomic E-state index is 0.0374. The van der Waals surface area contributed by atoms with E-state index in [1.54, 1.807) is 39.0 Å². The van der Waals surface area contributed by atoms with Crippen LogP contribution < -0.4 is 5.32 Å². The fourth-order valence-electron chi connectivity index (χ4n) is 2.78. The Bertz CT molecular complexity index is 1190. The lowest BCUT2D eigenvalue weighted by atomic mass is 10.1. The highest BCUT2D eigenvalue weighted by Crippen LogP contribution is 2.35. The smallest absolute Gasteiger partial charge is 0.348 e. The summed E-state index contributed by atoms with van der Waals surface area (Å²) in [5.74, 6) is -1.59. The van der Waals surface area contributed by atoms with E-state index in [4.69, 9.17) is 37.2 Å². The number of hydrogen-bond acceptors (Lipinski definition) is 8. The quantitative estimate of drug-likeness (QED) is 0.422. The summed E-state index contributed by atoms with van der Waals surface area (Å²) in [4.78, 5) is 37.7. The Morgan fingerprint density at radius 2 is 1.75 bits per heavy atom. The summed E-state index contributed by atoms with van der Waals surface area (Å²) in [6.07, 6.45) is 0. The lowest BCUT2D eigenvalue weighted by molar-refractivity contribution is 0.0527. The summed E-state index contributed by atoms with van der Waals surface area (Å²) >= 11 is 12.9. The van der Waals surface area contributed by atoms with E-state index in [9.17, 15) is 14.4 Å². The van der Waals surface area contributed by atoms with Crippen LogP contribution in [0.1, 0.15) is 49.9 Å². The van der Waals surface area contributed by atoms with E-state index in [2.05, 4.69) is 10.5 Å². The molecule has 2 aromatic heterocycles. The lowest BCUT2D eigenvalue weighted by Gasteiger charge is -2.05. The van der Waals surface area contributed by atoms with Crippen LogP contribution in [0.15, 0.2) is 28.8 Å². The molecule has 3 rings (SSSR count). The zero-order chi connectivity index (χ0) is 23.4. The van der Waals surface area contributed by atoms with Gasteiger partial charge in [-0.2, -0.15) is 0 Å². The van der Waals surface area contributed by atoms with Crippen molar-refractivity contribution in [1.82, 2.24) is 5.16 Å². The maximum atomic E-state index is 12.8. The maximum Gasteiger partial charge on any atom is 0.348 e. The van der Waals surface area contributed by atoms with Gasteiger partial charge in [-0.05, 0) is 44.5 Å². The number of thiophene rings is 1. The molecule has 3 aromatic rings. The second-order valence-electron chi connectivity index (χ2n) is 6.36. The van der Waals surface area contributed by atoms with Crippen LogP contribution in [0.25, 0.3) is 11.3 Å². The maximum absolute atomic E-state index is 12.8. The molecule has 0 aliphatic carbocycles. The first-order valence-corrected chi connectivity index (χ1v) is 11.0. The number of benzene rings is 1. The predicted octanol–water partition coefficient (Wildman–Crippen LogP) is 5.62. The predicted molar refractivity (Wildman–Crippen MR) is 121 cm³/mol. The van der Waals surface area contributed by atoms with Crippen molar-refractivity contribution in [1.29, 1.82) is 0 Å². The highest BCUT2D eigenvalue weighted by molar-refractivity contribution is 7.18. The number of hydrogen-bond donors (Lipinski definition) is 1. The lowest BCUT2D eigenvalue weighted by Crippen LogP contribution is -2.15. The van der Waals surface area contributed by atoms with E-state index >= 15 is 0 Å². The van der Waals surface area contributed by atoms with Gasteiger partial charge in [0, 0.05) is 11.6 Å². The van der Waals surface area contributed by atoms with Crippen molar-refractivity contribution in [2.45, 2.75) is 20.8 Å². The molecular weight excluding hydrogens is 479 g/mol. The van der Waals surface area contributed by atoms with Gasteiger partial charge in [-0.25, -0.2) is 9.59 Å². The second kappa shape index (κ2) is 10.2. The molecule has 0 saturated heterocycles. The average Bonchev–Trinajstić information content (AvgIpc) is 3.36. The summed E-state index contributed by atoms with van der Waals surface area (Å²) in [6.45, 7) is 5.22. The molecular formula is C21H18Cl2N2O6S. The van der Waals surface area contributed by atoms with Crippen molar-refractivity contribution in [2.75, 3.05) is 18.5 Å². The van der Waals surface area contributed by atoms with Crippen LogP contribution in [0.3, 0.4) is 0 Å². The van der Waals surface area contributed by atoms with Gasteiger partial charge in [-0.1, -0.05) is 28.4 Å². The van der Waals surface area contributed by atoms with Crippen LogP contribution >= 0.6 is 34.5 Å². The Hall–Kier alpha value is -2.88. The normalized spacial score (nSPS) is 10.7. The van der Waals surface area contributed by atoms with Gasteiger partial charge in [0.15, 0.2) is 11.5 Å². The number of nitrogens with zero attached hydrogens (tertiary/aromatic N) is 1. The van der Waals surface area contributed by atoms with Crippen molar-refractivity contribution >= 4 is 57.4 Å². The molecule has 1 N–H and O–H groups in total. The van der Waals surface area contributed by atoms with Gasteiger partial charge >= 0.3 is 11.9 Å². The van der Waals surface area contributed by atoms with Gasteiger partial charge in [0.05, 0.1) is 28.8 Å². The van der Waals surface area contributed by atoms with Gasteiger partial charge < -0.3 is 19.3 Å². The number of halogens is 2. The summed E-state index contributed by atoms with van der Waals surface area (Å²) in [5, 5.41) is 7.24. The number of anilines is 1. The minimum Gasteiger partial charge on any atom is -0.462 e. The zero-order valence-corrected chi connectivity index (χ0v) is 19.6. The molecule has 2 heterocycles. The first kappa shape index (κ1) is 23.8. The Balaban J connectivity index is 1.90. The molecule has 0 spiro atoms. The SMILES string of the molecule is CCOC(=O)c1sc(NC(=O)c2cc(-c3ccc(Cl)c(Cl)c3)on2)c(C(=O)OCC)c1C. The van der Waals surface area contributed by atoms with Gasteiger partial charge in [-0.15, -0.1) is 11.3 Å². The molecule has 0 radical (unpaired) electrons. The van der Waals surface area contributed by atoms with Crippen LogP contribution in [0.2, 0.25) is 10.0 Å². The zero-order valence-electron chi connectivity index (χ0n) is 17.3.